The maximum absolute atomic E-state index is 11.2. The molecule has 3 aromatic rings. The highest BCUT2D eigenvalue weighted by atomic mass is 35.5. The molecule has 5 nitrogen and oxygen atoms in total. The van der Waals surface area contributed by atoms with Crippen molar-refractivity contribution in [2.75, 3.05) is 0 Å². The number of pyridine rings is 1. The van der Waals surface area contributed by atoms with Crippen molar-refractivity contribution in [3.05, 3.63) is 53.9 Å². The third-order valence-electron chi connectivity index (χ3n) is 2.95. The quantitative estimate of drug-likeness (QED) is 0.752. The summed E-state index contributed by atoms with van der Waals surface area (Å²) in [6.07, 6.45) is 0. The van der Waals surface area contributed by atoms with Gasteiger partial charge in [-0.05, 0) is 12.1 Å². The van der Waals surface area contributed by atoms with Crippen LogP contribution in [0.2, 0.25) is 0 Å². The van der Waals surface area contributed by atoms with Crippen LogP contribution in [-0.4, -0.2) is 25.7 Å². The first-order valence-electron chi connectivity index (χ1n) is 5.94. The smallest absolute Gasteiger partial charge is 0.339 e. The maximum Gasteiger partial charge on any atom is 0.339 e. The van der Waals surface area contributed by atoms with Crippen LogP contribution >= 0.6 is 11.6 Å². The van der Waals surface area contributed by atoms with E-state index < -0.39 is 5.97 Å². The number of rotatable bonds is 3. The van der Waals surface area contributed by atoms with E-state index in [1.54, 1.807) is 6.07 Å². The van der Waals surface area contributed by atoms with E-state index in [0.29, 0.717) is 11.5 Å². The van der Waals surface area contributed by atoms with E-state index in [1.807, 2.05) is 30.3 Å². The van der Waals surface area contributed by atoms with Crippen LogP contribution in [0.15, 0.2) is 42.5 Å². The van der Waals surface area contributed by atoms with Crippen molar-refractivity contribution >= 4 is 23.2 Å². The molecule has 0 aliphatic rings. The second-order valence-corrected chi connectivity index (χ2v) is 4.47. The molecule has 2 heterocycles. The third kappa shape index (κ3) is 2.02. The molecule has 2 aromatic heterocycles. The van der Waals surface area contributed by atoms with Gasteiger partial charge in [0, 0.05) is 5.56 Å². The summed E-state index contributed by atoms with van der Waals surface area (Å²) in [7, 11) is 0. The van der Waals surface area contributed by atoms with Crippen molar-refractivity contribution in [3.63, 3.8) is 0 Å². The molecule has 0 amide bonds. The van der Waals surface area contributed by atoms with Gasteiger partial charge in [0.1, 0.15) is 5.56 Å². The number of aromatic nitrogens is 3. The number of carbonyl (C=O) groups is 1. The highest BCUT2D eigenvalue weighted by molar-refractivity contribution is 6.16. The first kappa shape index (κ1) is 12.6. The van der Waals surface area contributed by atoms with Crippen molar-refractivity contribution < 1.29 is 9.90 Å². The van der Waals surface area contributed by atoms with E-state index in [4.69, 9.17) is 11.6 Å². The fourth-order valence-electron chi connectivity index (χ4n) is 2.06. The van der Waals surface area contributed by atoms with E-state index >= 15 is 0 Å². The van der Waals surface area contributed by atoms with Crippen LogP contribution in [-0.2, 0) is 5.88 Å². The predicted octanol–water partition coefficient (Wildman–Crippen LogP) is 2.83. The van der Waals surface area contributed by atoms with Gasteiger partial charge >= 0.3 is 5.97 Å². The lowest BCUT2D eigenvalue weighted by molar-refractivity contribution is 0.0698. The third-order valence-corrected chi connectivity index (χ3v) is 3.19. The van der Waals surface area contributed by atoms with Crippen LogP contribution in [0.5, 0.6) is 0 Å². The number of nitrogens with zero attached hydrogens (tertiary/aromatic N) is 3. The average Bonchev–Trinajstić information content (AvgIpc) is 2.90. The summed E-state index contributed by atoms with van der Waals surface area (Å²) in [5.41, 5.74) is 2.11. The topological polar surface area (TPSA) is 67.5 Å². The van der Waals surface area contributed by atoms with Crippen molar-refractivity contribution in [2.45, 2.75) is 5.88 Å². The Morgan fingerprint density at radius 3 is 2.60 bits per heavy atom. The number of hydrogen-bond acceptors (Lipinski definition) is 3. The minimum atomic E-state index is -1.04. The Morgan fingerprint density at radius 1 is 1.20 bits per heavy atom. The van der Waals surface area contributed by atoms with Gasteiger partial charge in [0.2, 0.25) is 0 Å². The Kier molecular flexibility index (Phi) is 3.12. The standard InChI is InChI=1S/C14H10ClN3O2/c15-8-12-16-13-10(14(19)20)6-7-11(18(13)17-12)9-4-2-1-3-5-9/h1-7H,8H2,(H,19,20). The second kappa shape index (κ2) is 4.94. The number of hydrogen-bond donors (Lipinski definition) is 1. The number of aromatic carboxylic acids is 1. The zero-order chi connectivity index (χ0) is 14.1. The number of carboxylic acid groups (broad SMARTS) is 1. The molecular formula is C14H10ClN3O2. The van der Waals surface area contributed by atoms with Gasteiger partial charge in [-0.25, -0.2) is 14.3 Å². The summed E-state index contributed by atoms with van der Waals surface area (Å²) < 4.78 is 1.52. The molecule has 0 bridgehead atoms. The normalized spacial score (nSPS) is 10.8. The van der Waals surface area contributed by atoms with Gasteiger partial charge in [0.25, 0.3) is 0 Å². The van der Waals surface area contributed by atoms with Gasteiger partial charge in [-0.15, -0.1) is 16.7 Å². The molecule has 0 aliphatic carbocycles. The van der Waals surface area contributed by atoms with Gasteiger partial charge in [0.15, 0.2) is 11.5 Å². The highest BCUT2D eigenvalue weighted by Gasteiger charge is 2.16. The van der Waals surface area contributed by atoms with Gasteiger partial charge in [-0.3, -0.25) is 0 Å². The van der Waals surface area contributed by atoms with Crippen molar-refractivity contribution in [1.29, 1.82) is 0 Å². The molecule has 0 atom stereocenters. The minimum Gasteiger partial charge on any atom is -0.478 e. The minimum absolute atomic E-state index is 0.105. The number of fused-ring (bicyclic) bond motifs is 1. The van der Waals surface area contributed by atoms with Gasteiger partial charge in [-0.2, -0.15) is 0 Å². The van der Waals surface area contributed by atoms with Crippen molar-refractivity contribution in [2.24, 2.45) is 0 Å². The van der Waals surface area contributed by atoms with Gasteiger partial charge < -0.3 is 5.11 Å². The van der Waals surface area contributed by atoms with E-state index in [2.05, 4.69) is 10.1 Å². The SMILES string of the molecule is O=C(O)c1ccc(-c2ccccc2)n2nc(CCl)nc12. The molecule has 0 unspecified atom stereocenters. The van der Waals surface area contributed by atoms with Gasteiger partial charge in [0.05, 0.1) is 11.6 Å². The van der Waals surface area contributed by atoms with Crippen LogP contribution in [0.1, 0.15) is 16.2 Å². The Bertz CT molecular complexity index is 784. The Balaban J connectivity index is 2.32. The van der Waals surface area contributed by atoms with Crippen LogP contribution in [0.25, 0.3) is 16.9 Å². The van der Waals surface area contributed by atoms with Crippen LogP contribution in [0.4, 0.5) is 0 Å². The first-order chi connectivity index (χ1) is 9.70. The number of benzene rings is 1. The van der Waals surface area contributed by atoms with Crippen molar-refractivity contribution in [3.8, 4) is 11.3 Å². The van der Waals surface area contributed by atoms with E-state index in [1.165, 1.54) is 10.6 Å². The maximum atomic E-state index is 11.2. The molecule has 0 spiro atoms. The molecule has 0 saturated heterocycles. The summed E-state index contributed by atoms with van der Waals surface area (Å²) in [6, 6.07) is 12.8. The van der Waals surface area contributed by atoms with Crippen LogP contribution < -0.4 is 0 Å². The zero-order valence-electron chi connectivity index (χ0n) is 10.3. The second-order valence-electron chi connectivity index (χ2n) is 4.20. The monoisotopic (exact) mass is 287 g/mol. The van der Waals surface area contributed by atoms with E-state index in [0.717, 1.165) is 11.3 Å². The predicted molar refractivity (Wildman–Crippen MR) is 74.9 cm³/mol. The number of halogens is 1. The molecule has 1 N–H and O–H groups in total. The van der Waals surface area contributed by atoms with E-state index in [9.17, 15) is 9.90 Å². The van der Waals surface area contributed by atoms with Gasteiger partial charge in [-0.1, -0.05) is 30.3 Å². The molecule has 0 saturated carbocycles. The molecule has 3 rings (SSSR count). The molecule has 0 aliphatic heterocycles. The molecule has 0 radical (unpaired) electrons. The fraction of sp³-hybridized carbons (Fsp3) is 0.0714. The lowest BCUT2D eigenvalue weighted by atomic mass is 10.1. The molecule has 6 heteroatoms. The first-order valence-corrected chi connectivity index (χ1v) is 6.47. The Hall–Kier alpha value is -2.40. The summed E-state index contributed by atoms with van der Waals surface area (Å²) in [6.45, 7) is 0. The molecule has 20 heavy (non-hydrogen) atoms. The van der Waals surface area contributed by atoms with Crippen LogP contribution in [0, 0.1) is 0 Å². The largest absolute Gasteiger partial charge is 0.478 e. The number of alkyl halides is 1. The average molecular weight is 288 g/mol. The summed E-state index contributed by atoms with van der Waals surface area (Å²) in [5.74, 6) is -0.504. The summed E-state index contributed by atoms with van der Waals surface area (Å²) in [4.78, 5) is 15.4. The van der Waals surface area contributed by atoms with Crippen molar-refractivity contribution in [1.82, 2.24) is 14.6 Å². The van der Waals surface area contributed by atoms with E-state index in [-0.39, 0.29) is 11.4 Å². The molecule has 0 fully saturated rings. The fourth-order valence-corrected chi connectivity index (χ4v) is 2.17. The highest BCUT2D eigenvalue weighted by Crippen LogP contribution is 2.22. The zero-order valence-corrected chi connectivity index (χ0v) is 11.1. The lowest BCUT2D eigenvalue weighted by Gasteiger charge is -2.05. The molecule has 1 aromatic carbocycles. The Labute approximate surface area is 119 Å². The molecular weight excluding hydrogens is 278 g/mol. The molecule has 100 valence electrons. The Morgan fingerprint density at radius 2 is 1.95 bits per heavy atom. The number of carboxylic acids is 1. The van der Waals surface area contributed by atoms with Crippen LogP contribution in [0.3, 0.4) is 0 Å². The lowest BCUT2D eigenvalue weighted by Crippen LogP contribution is -2.03. The summed E-state index contributed by atoms with van der Waals surface area (Å²) >= 11 is 5.74. The summed E-state index contributed by atoms with van der Waals surface area (Å²) in [5, 5.41) is 13.5.